The van der Waals surface area contributed by atoms with Crippen LogP contribution in [0.25, 0.3) is 0 Å². The summed E-state index contributed by atoms with van der Waals surface area (Å²) < 4.78 is 0. The second kappa shape index (κ2) is 8.77. The molecule has 3 rings (SSSR count). The van der Waals surface area contributed by atoms with Crippen LogP contribution in [0.4, 0.5) is 5.95 Å². The summed E-state index contributed by atoms with van der Waals surface area (Å²) in [7, 11) is 0. The predicted octanol–water partition coefficient (Wildman–Crippen LogP) is 3.33. The Labute approximate surface area is 160 Å². The van der Waals surface area contributed by atoms with E-state index in [2.05, 4.69) is 38.9 Å². The number of carbonyl (C=O) groups is 1. The Hall–Kier alpha value is -2.73. The molecule has 2 heterocycles. The first kappa shape index (κ1) is 19.0. The van der Waals surface area contributed by atoms with Crippen LogP contribution in [0.2, 0.25) is 0 Å². The van der Waals surface area contributed by atoms with Crippen LogP contribution in [0.1, 0.15) is 30.4 Å². The molecule has 2 N–H and O–H groups in total. The van der Waals surface area contributed by atoms with E-state index in [0.717, 1.165) is 18.5 Å². The number of aromatic nitrogens is 2. The first-order valence-corrected chi connectivity index (χ1v) is 9.27. The van der Waals surface area contributed by atoms with Gasteiger partial charge in [0.05, 0.1) is 5.41 Å². The van der Waals surface area contributed by atoms with Gasteiger partial charge in [0.1, 0.15) is 0 Å². The van der Waals surface area contributed by atoms with E-state index in [0.29, 0.717) is 38.4 Å². The smallest absolute Gasteiger partial charge is 0.311 e. The molecular formula is C21H26N4O2. The number of piperidine rings is 1. The maximum atomic E-state index is 11.8. The van der Waals surface area contributed by atoms with Gasteiger partial charge in [-0.25, -0.2) is 9.97 Å². The van der Waals surface area contributed by atoms with E-state index >= 15 is 0 Å². The van der Waals surface area contributed by atoms with Crippen LogP contribution >= 0.6 is 0 Å². The third-order valence-corrected chi connectivity index (χ3v) is 5.05. The highest BCUT2D eigenvalue weighted by molar-refractivity contribution is 5.75. The Balaban J connectivity index is 1.57. The predicted molar refractivity (Wildman–Crippen MR) is 105 cm³/mol. The van der Waals surface area contributed by atoms with Crippen LogP contribution in [0.5, 0.6) is 0 Å². The molecule has 0 aliphatic carbocycles. The second-order valence-electron chi connectivity index (χ2n) is 7.15. The van der Waals surface area contributed by atoms with Gasteiger partial charge in [-0.3, -0.25) is 9.69 Å². The van der Waals surface area contributed by atoms with E-state index in [1.165, 1.54) is 5.56 Å². The SMILES string of the molecule is C=CC[C@@]1(C(=O)O)CCCN(Cc2cnc(NCc3ccccc3)nc2)C1. The van der Waals surface area contributed by atoms with Crippen LogP contribution in [0.15, 0.2) is 55.4 Å². The molecule has 0 radical (unpaired) electrons. The minimum atomic E-state index is -0.733. The fourth-order valence-electron chi connectivity index (χ4n) is 3.63. The number of likely N-dealkylation sites (tertiary alicyclic amines) is 1. The van der Waals surface area contributed by atoms with Crippen LogP contribution in [-0.2, 0) is 17.9 Å². The summed E-state index contributed by atoms with van der Waals surface area (Å²) in [5, 5.41) is 12.9. The van der Waals surface area contributed by atoms with Gasteiger partial charge in [0.2, 0.25) is 5.95 Å². The van der Waals surface area contributed by atoms with Gasteiger partial charge < -0.3 is 10.4 Å². The summed E-state index contributed by atoms with van der Waals surface area (Å²) >= 11 is 0. The van der Waals surface area contributed by atoms with Crippen molar-refractivity contribution in [1.82, 2.24) is 14.9 Å². The lowest BCUT2D eigenvalue weighted by molar-refractivity contribution is -0.152. The lowest BCUT2D eigenvalue weighted by Crippen LogP contribution is -2.47. The van der Waals surface area contributed by atoms with E-state index in [1.54, 1.807) is 6.08 Å². The van der Waals surface area contributed by atoms with Gasteiger partial charge in [-0.1, -0.05) is 36.4 Å². The number of hydrogen-bond acceptors (Lipinski definition) is 5. The van der Waals surface area contributed by atoms with E-state index in [4.69, 9.17) is 0 Å². The molecule has 2 aromatic rings. The number of nitrogens with one attached hydrogen (secondary N) is 1. The Bertz CT molecular complexity index is 764. The Morgan fingerprint density at radius 2 is 2.00 bits per heavy atom. The number of carboxylic acid groups (broad SMARTS) is 1. The molecule has 6 nitrogen and oxygen atoms in total. The summed E-state index contributed by atoms with van der Waals surface area (Å²) in [4.78, 5) is 22.7. The average Bonchev–Trinajstić information content (AvgIpc) is 2.69. The van der Waals surface area contributed by atoms with E-state index < -0.39 is 11.4 Å². The van der Waals surface area contributed by atoms with Gasteiger partial charge in [-0.15, -0.1) is 6.58 Å². The zero-order valence-corrected chi connectivity index (χ0v) is 15.5. The molecule has 1 aromatic heterocycles. The molecule has 0 spiro atoms. The second-order valence-corrected chi connectivity index (χ2v) is 7.15. The molecule has 6 heteroatoms. The van der Waals surface area contributed by atoms with Crippen LogP contribution < -0.4 is 5.32 Å². The molecule has 1 atom stereocenters. The van der Waals surface area contributed by atoms with Crippen molar-refractivity contribution in [3.05, 3.63) is 66.5 Å². The summed E-state index contributed by atoms with van der Waals surface area (Å²) in [6, 6.07) is 10.1. The summed E-state index contributed by atoms with van der Waals surface area (Å²) in [6.45, 7) is 6.48. The molecule has 0 unspecified atom stereocenters. The standard InChI is InChI=1S/C21H26N4O2/c1-2-9-21(19(26)27)10-6-11-25(16-21)15-18-13-23-20(24-14-18)22-12-17-7-4-3-5-8-17/h2-5,7-8,13-14H,1,6,9-12,15-16H2,(H,26,27)(H,22,23,24)/t21-/m1/s1. The van der Waals surface area contributed by atoms with Crippen molar-refractivity contribution >= 4 is 11.9 Å². The van der Waals surface area contributed by atoms with E-state index in [1.807, 2.05) is 30.6 Å². The monoisotopic (exact) mass is 366 g/mol. The fourth-order valence-corrected chi connectivity index (χ4v) is 3.63. The average molecular weight is 366 g/mol. The van der Waals surface area contributed by atoms with Crippen molar-refractivity contribution in [2.75, 3.05) is 18.4 Å². The molecule has 0 bridgehead atoms. The number of aliphatic carboxylic acids is 1. The van der Waals surface area contributed by atoms with Gasteiger partial charge in [-0.05, 0) is 31.4 Å². The Morgan fingerprint density at radius 3 is 2.67 bits per heavy atom. The maximum absolute atomic E-state index is 11.8. The lowest BCUT2D eigenvalue weighted by atomic mass is 9.77. The molecule has 0 amide bonds. The molecule has 1 fully saturated rings. The van der Waals surface area contributed by atoms with Gasteiger partial charge in [0, 0.05) is 37.6 Å². The number of hydrogen-bond donors (Lipinski definition) is 2. The minimum absolute atomic E-state index is 0.498. The highest BCUT2D eigenvalue weighted by Gasteiger charge is 2.41. The lowest BCUT2D eigenvalue weighted by Gasteiger charge is -2.39. The van der Waals surface area contributed by atoms with Crippen molar-refractivity contribution in [3.63, 3.8) is 0 Å². The molecule has 0 saturated carbocycles. The number of carboxylic acids is 1. The highest BCUT2D eigenvalue weighted by Crippen LogP contribution is 2.34. The zero-order chi connectivity index (χ0) is 19.1. The highest BCUT2D eigenvalue weighted by atomic mass is 16.4. The van der Waals surface area contributed by atoms with Crippen LogP contribution in [0.3, 0.4) is 0 Å². The maximum Gasteiger partial charge on any atom is 0.311 e. The number of benzene rings is 1. The van der Waals surface area contributed by atoms with Crippen LogP contribution in [0, 0.1) is 5.41 Å². The molecular weight excluding hydrogens is 340 g/mol. The molecule has 142 valence electrons. The largest absolute Gasteiger partial charge is 0.481 e. The topological polar surface area (TPSA) is 78.3 Å². The molecule has 27 heavy (non-hydrogen) atoms. The van der Waals surface area contributed by atoms with Gasteiger partial charge in [0.25, 0.3) is 0 Å². The Kier molecular flexibility index (Phi) is 6.19. The molecule has 1 saturated heterocycles. The van der Waals surface area contributed by atoms with Crippen LogP contribution in [-0.4, -0.2) is 39.0 Å². The third-order valence-electron chi connectivity index (χ3n) is 5.05. The summed E-state index contributed by atoms with van der Waals surface area (Å²) in [5.41, 5.74) is 1.43. The number of rotatable bonds is 8. The van der Waals surface area contributed by atoms with E-state index in [-0.39, 0.29) is 0 Å². The third kappa shape index (κ3) is 4.92. The van der Waals surface area contributed by atoms with E-state index in [9.17, 15) is 9.90 Å². The minimum Gasteiger partial charge on any atom is -0.481 e. The first-order valence-electron chi connectivity index (χ1n) is 9.27. The normalized spacial score (nSPS) is 20.1. The summed E-state index contributed by atoms with van der Waals surface area (Å²) in [6.07, 6.45) is 7.41. The number of allylic oxidation sites excluding steroid dienone is 1. The van der Waals surface area contributed by atoms with Crippen molar-refractivity contribution < 1.29 is 9.90 Å². The quantitative estimate of drug-likeness (QED) is 0.698. The first-order chi connectivity index (χ1) is 13.1. The van der Waals surface area contributed by atoms with Crippen molar-refractivity contribution in [1.29, 1.82) is 0 Å². The zero-order valence-electron chi connectivity index (χ0n) is 15.5. The molecule has 1 aliphatic heterocycles. The van der Waals surface area contributed by atoms with Crippen molar-refractivity contribution in [2.45, 2.75) is 32.4 Å². The molecule has 1 aliphatic rings. The molecule has 1 aromatic carbocycles. The fraction of sp³-hybridized carbons (Fsp3) is 0.381. The van der Waals surface area contributed by atoms with Gasteiger partial charge in [-0.2, -0.15) is 0 Å². The Morgan fingerprint density at radius 1 is 1.26 bits per heavy atom. The van der Waals surface area contributed by atoms with Gasteiger partial charge >= 0.3 is 5.97 Å². The number of anilines is 1. The summed E-state index contributed by atoms with van der Waals surface area (Å²) in [5.74, 6) is -0.142. The van der Waals surface area contributed by atoms with Crippen molar-refractivity contribution in [3.8, 4) is 0 Å². The number of nitrogens with zero attached hydrogens (tertiary/aromatic N) is 3. The van der Waals surface area contributed by atoms with Crippen molar-refractivity contribution in [2.24, 2.45) is 5.41 Å². The van der Waals surface area contributed by atoms with Gasteiger partial charge in [0.15, 0.2) is 0 Å².